The highest BCUT2D eigenvalue weighted by atomic mass is 19.1. The number of hydrogen-bond donors (Lipinski definition) is 2. The smallest absolute Gasteiger partial charge is 0.170 e. The molecule has 0 fully saturated rings. The third-order valence-electron chi connectivity index (χ3n) is 3.56. The van der Waals surface area contributed by atoms with Gasteiger partial charge in [0.1, 0.15) is 5.82 Å². The third kappa shape index (κ3) is 4.49. The molecule has 0 bridgehead atoms. The third-order valence-corrected chi connectivity index (χ3v) is 3.56. The zero-order chi connectivity index (χ0) is 15.1. The summed E-state index contributed by atoms with van der Waals surface area (Å²) in [6.07, 6.45) is 1.11. The van der Waals surface area contributed by atoms with E-state index in [0.29, 0.717) is 23.6 Å². The van der Waals surface area contributed by atoms with Gasteiger partial charge in [-0.1, -0.05) is 44.5 Å². The molecule has 0 heterocycles. The van der Waals surface area contributed by atoms with E-state index >= 15 is 0 Å². The minimum atomic E-state index is -0.322. The molecule has 0 amide bonds. The number of nitrogens with zero attached hydrogens (tertiary/aromatic N) is 2. The van der Waals surface area contributed by atoms with Crippen LogP contribution in [0.3, 0.4) is 0 Å². The minimum Gasteiger partial charge on any atom is -0.409 e. The second-order valence-corrected chi connectivity index (χ2v) is 5.13. The molecule has 1 atom stereocenters. The Morgan fingerprint density at radius 3 is 2.65 bits per heavy atom. The van der Waals surface area contributed by atoms with E-state index in [2.05, 4.69) is 30.8 Å². The molecule has 1 aromatic carbocycles. The van der Waals surface area contributed by atoms with Gasteiger partial charge >= 0.3 is 0 Å². The highest BCUT2D eigenvalue weighted by Gasteiger charge is 2.12. The van der Waals surface area contributed by atoms with Crippen LogP contribution in [0.4, 0.5) is 4.39 Å². The molecule has 0 aliphatic carbocycles. The highest BCUT2D eigenvalue weighted by molar-refractivity contribution is 5.97. The Labute approximate surface area is 120 Å². The van der Waals surface area contributed by atoms with Crippen molar-refractivity contribution < 1.29 is 9.60 Å². The van der Waals surface area contributed by atoms with Gasteiger partial charge in [-0.3, -0.25) is 4.90 Å². The first kappa shape index (κ1) is 16.4. The number of nitrogens with two attached hydrogens (primary N) is 1. The van der Waals surface area contributed by atoms with E-state index in [9.17, 15) is 4.39 Å². The molecular weight excluding hydrogens is 257 g/mol. The van der Waals surface area contributed by atoms with Crippen LogP contribution in [0.15, 0.2) is 23.4 Å². The molecule has 0 aliphatic heterocycles. The van der Waals surface area contributed by atoms with Gasteiger partial charge in [0, 0.05) is 24.2 Å². The lowest BCUT2D eigenvalue weighted by atomic mass is 10.1. The van der Waals surface area contributed by atoms with E-state index in [4.69, 9.17) is 10.9 Å². The van der Waals surface area contributed by atoms with Crippen LogP contribution in [0.5, 0.6) is 0 Å². The van der Waals surface area contributed by atoms with Crippen molar-refractivity contribution >= 4 is 5.84 Å². The molecule has 0 aromatic heterocycles. The Morgan fingerprint density at radius 2 is 2.15 bits per heavy atom. The van der Waals surface area contributed by atoms with Crippen molar-refractivity contribution in [2.45, 2.75) is 33.7 Å². The predicted octanol–water partition coefficient (Wildman–Crippen LogP) is 2.79. The molecule has 1 aromatic rings. The molecule has 5 heteroatoms. The molecule has 3 N–H and O–H groups in total. The first-order valence-electron chi connectivity index (χ1n) is 7.00. The van der Waals surface area contributed by atoms with Crippen LogP contribution in [-0.2, 0) is 6.54 Å². The summed E-state index contributed by atoms with van der Waals surface area (Å²) >= 11 is 0. The van der Waals surface area contributed by atoms with E-state index < -0.39 is 0 Å². The Kier molecular flexibility index (Phi) is 6.45. The summed E-state index contributed by atoms with van der Waals surface area (Å²) in [5.74, 6) is 0.188. The van der Waals surface area contributed by atoms with Crippen LogP contribution in [0.1, 0.15) is 38.3 Å². The van der Waals surface area contributed by atoms with E-state index in [0.717, 1.165) is 19.5 Å². The van der Waals surface area contributed by atoms with Crippen molar-refractivity contribution in [3.8, 4) is 0 Å². The van der Waals surface area contributed by atoms with E-state index in [1.807, 2.05) is 0 Å². The van der Waals surface area contributed by atoms with Crippen molar-refractivity contribution in [1.82, 2.24) is 4.90 Å². The van der Waals surface area contributed by atoms with Crippen molar-refractivity contribution in [1.29, 1.82) is 0 Å². The van der Waals surface area contributed by atoms with Crippen LogP contribution >= 0.6 is 0 Å². The number of hydrogen-bond acceptors (Lipinski definition) is 3. The zero-order valence-corrected chi connectivity index (χ0v) is 12.4. The number of halogens is 1. The SMILES string of the molecule is CCC(C)CN(CC)Cc1ccc(C(N)=NO)cc1F. The van der Waals surface area contributed by atoms with Gasteiger partial charge in [0.2, 0.25) is 0 Å². The number of oxime groups is 1. The zero-order valence-electron chi connectivity index (χ0n) is 12.4. The lowest BCUT2D eigenvalue weighted by Gasteiger charge is -2.24. The molecule has 0 aliphatic rings. The summed E-state index contributed by atoms with van der Waals surface area (Å²) in [4.78, 5) is 2.22. The predicted molar refractivity (Wildman–Crippen MR) is 79.3 cm³/mol. The monoisotopic (exact) mass is 281 g/mol. The fraction of sp³-hybridized carbons (Fsp3) is 0.533. The lowest BCUT2D eigenvalue weighted by Crippen LogP contribution is -2.28. The summed E-state index contributed by atoms with van der Waals surface area (Å²) in [7, 11) is 0. The Hall–Kier alpha value is -1.62. The minimum absolute atomic E-state index is 0.0811. The van der Waals surface area contributed by atoms with Crippen molar-refractivity contribution in [2.24, 2.45) is 16.8 Å². The van der Waals surface area contributed by atoms with Gasteiger partial charge < -0.3 is 10.9 Å². The fourth-order valence-corrected chi connectivity index (χ4v) is 2.01. The maximum atomic E-state index is 14.0. The number of rotatable bonds is 7. The summed E-state index contributed by atoms with van der Waals surface area (Å²) < 4.78 is 14.0. The lowest BCUT2D eigenvalue weighted by molar-refractivity contribution is 0.235. The molecule has 112 valence electrons. The van der Waals surface area contributed by atoms with Crippen molar-refractivity contribution in [3.05, 3.63) is 35.1 Å². The maximum Gasteiger partial charge on any atom is 0.170 e. The van der Waals surface area contributed by atoms with Crippen LogP contribution in [-0.4, -0.2) is 29.0 Å². The van der Waals surface area contributed by atoms with Gasteiger partial charge in [0.05, 0.1) is 0 Å². The molecular formula is C15H24FN3O. The van der Waals surface area contributed by atoms with Gasteiger partial charge in [-0.25, -0.2) is 4.39 Å². The first-order chi connectivity index (χ1) is 9.51. The standard InChI is InChI=1S/C15H24FN3O/c1-4-11(3)9-19(5-2)10-13-7-6-12(8-14(13)16)15(17)18-20/h6-8,11,20H,4-5,9-10H2,1-3H3,(H2,17,18). The second kappa shape index (κ2) is 7.85. The number of amidine groups is 1. The second-order valence-electron chi connectivity index (χ2n) is 5.13. The molecule has 1 unspecified atom stereocenters. The molecule has 1 rings (SSSR count). The van der Waals surface area contributed by atoms with Gasteiger partial charge in [-0.05, 0) is 18.5 Å². The summed E-state index contributed by atoms with van der Waals surface area (Å²) in [5.41, 5.74) is 6.46. The van der Waals surface area contributed by atoms with Crippen molar-refractivity contribution in [3.63, 3.8) is 0 Å². The Balaban J connectivity index is 2.81. The topological polar surface area (TPSA) is 61.8 Å². The van der Waals surface area contributed by atoms with Crippen molar-refractivity contribution in [2.75, 3.05) is 13.1 Å². The van der Waals surface area contributed by atoms with Crippen LogP contribution in [0.25, 0.3) is 0 Å². The van der Waals surface area contributed by atoms with Gasteiger partial charge in [-0.15, -0.1) is 0 Å². The van der Waals surface area contributed by atoms with Crippen LogP contribution < -0.4 is 5.73 Å². The number of benzene rings is 1. The van der Waals surface area contributed by atoms with Crippen LogP contribution in [0, 0.1) is 11.7 Å². The van der Waals surface area contributed by atoms with Crippen LogP contribution in [0.2, 0.25) is 0 Å². The van der Waals surface area contributed by atoms with E-state index in [1.54, 1.807) is 12.1 Å². The maximum absolute atomic E-state index is 14.0. The summed E-state index contributed by atoms with van der Waals surface area (Å²) in [6, 6.07) is 4.67. The Bertz CT molecular complexity index is 462. The molecule has 4 nitrogen and oxygen atoms in total. The average molecular weight is 281 g/mol. The molecule has 0 spiro atoms. The highest BCUT2D eigenvalue weighted by Crippen LogP contribution is 2.14. The van der Waals surface area contributed by atoms with E-state index in [1.165, 1.54) is 6.07 Å². The summed E-state index contributed by atoms with van der Waals surface area (Å²) in [6.45, 7) is 8.83. The quantitative estimate of drug-likeness (QED) is 0.350. The molecule has 0 saturated heterocycles. The molecule has 20 heavy (non-hydrogen) atoms. The normalized spacial score (nSPS) is 13.8. The first-order valence-corrected chi connectivity index (χ1v) is 7.00. The summed E-state index contributed by atoms with van der Waals surface area (Å²) in [5, 5.41) is 11.5. The average Bonchev–Trinajstić information content (AvgIpc) is 2.47. The molecule has 0 radical (unpaired) electrons. The fourth-order valence-electron chi connectivity index (χ4n) is 2.01. The van der Waals surface area contributed by atoms with Gasteiger partial charge in [-0.2, -0.15) is 0 Å². The van der Waals surface area contributed by atoms with Gasteiger partial charge in [0.15, 0.2) is 5.84 Å². The Morgan fingerprint density at radius 1 is 1.45 bits per heavy atom. The van der Waals surface area contributed by atoms with Gasteiger partial charge in [0.25, 0.3) is 0 Å². The van der Waals surface area contributed by atoms with E-state index in [-0.39, 0.29) is 11.7 Å². The largest absolute Gasteiger partial charge is 0.409 e. The molecule has 0 saturated carbocycles.